The van der Waals surface area contributed by atoms with Crippen molar-refractivity contribution in [1.29, 1.82) is 0 Å². The number of hydrogen-bond donors (Lipinski definition) is 0. The minimum absolute atomic E-state index is 0.856. The number of benzene rings is 7. The minimum atomic E-state index is 0.856. The largest absolute Gasteiger partial charge is 0.456 e. The molecule has 2 heterocycles. The highest BCUT2D eigenvalue weighted by atomic mass is 16.3. The SMILES string of the molecule is c1ccc(-c2ccc(N(c3ccc(-c4ccccc4)cc3)c3ccc(-c4cccc(-c5ccc6c(c5)oc5ccncc56)c4)cc3)cc2)cc1. The van der Waals surface area contributed by atoms with Gasteiger partial charge in [0, 0.05) is 40.2 Å². The average molecular weight is 641 g/mol. The molecule has 0 aliphatic rings. The molecule has 0 bridgehead atoms. The van der Waals surface area contributed by atoms with Crippen molar-refractivity contribution in [3.8, 4) is 44.5 Å². The lowest BCUT2D eigenvalue weighted by atomic mass is 9.98. The van der Waals surface area contributed by atoms with Crippen LogP contribution in [0.1, 0.15) is 0 Å². The summed E-state index contributed by atoms with van der Waals surface area (Å²) in [5.74, 6) is 0. The van der Waals surface area contributed by atoms with Crippen LogP contribution in [0.25, 0.3) is 66.4 Å². The van der Waals surface area contributed by atoms with Gasteiger partial charge in [0.05, 0.1) is 0 Å². The van der Waals surface area contributed by atoms with Crippen LogP contribution in [0.5, 0.6) is 0 Å². The van der Waals surface area contributed by atoms with Crippen LogP contribution in [-0.4, -0.2) is 4.98 Å². The van der Waals surface area contributed by atoms with Gasteiger partial charge in [-0.3, -0.25) is 4.98 Å². The standard InChI is InChI=1S/C47H32N2O/c1-3-8-33(9-4-1)35-14-21-41(22-15-35)49(42-23-16-36(17-24-42)34-10-5-2-6-11-34)43-25-18-37(19-26-43)38-12-7-13-39(30-38)40-20-27-44-45-32-48-29-28-46(45)50-47(44)31-40/h1-32H. The van der Waals surface area contributed by atoms with Crippen LogP contribution in [0.4, 0.5) is 17.1 Å². The second-order valence-electron chi connectivity index (χ2n) is 12.5. The van der Waals surface area contributed by atoms with E-state index in [1.54, 1.807) is 6.20 Å². The van der Waals surface area contributed by atoms with Crippen molar-refractivity contribution in [2.45, 2.75) is 0 Å². The summed E-state index contributed by atoms with van der Waals surface area (Å²) in [6, 6.07) is 64.6. The molecule has 9 rings (SSSR count). The summed E-state index contributed by atoms with van der Waals surface area (Å²) in [5, 5.41) is 2.12. The maximum Gasteiger partial charge on any atom is 0.138 e. The molecule has 9 aromatic rings. The predicted molar refractivity (Wildman–Crippen MR) is 208 cm³/mol. The Balaban J connectivity index is 1.05. The summed E-state index contributed by atoms with van der Waals surface area (Å²) >= 11 is 0. The van der Waals surface area contributed by atoms with Crippen LogP contribution in [-0.2, 0) is 0 Å². The first-order valence-corrected chi connectivity index (χ1v) is 16.9. The zero-order chi connectivity index (χ0) is 33.3. The maximum absolute atomic E-state index is 6.15. The quantitative estimate of drug-likeness (QED) is 0.174. The van der Waals surface area contributed by atoms with Crippen molar-refractivity contribution in [2.24, 2.45) is 0 Å². The first-order valence-electron chi connectivity index (χ1n) is 16.9. The van der Waals surface area contributed by atoms with E-state index in [0.717, 1.165) is 61.3 Å². The maximum atomic E-state index is 6.15. The van der Waals surface area contributed by atoms with Crippen molar-refractivity contribution >= 4 is 39.0 Å². The Bertz CT molecular complexity index is 2470. The van der Waals surface area contributed by atoms with Crippen molar-refractivity contribution in [3.63, 3.8) is 0 Å². The Morgan fingerprint density at radius 2 is 0.780 bits per heavy atom. The highest BCUT2D eigenvalue weighted by Crippen LogP contribution is 2.38. The third kappa shape index (κ3) is 5.61. The molecule has 3 nitrogen and oxygen atoms in total. The van der Waals surface area contributed by atoms with Crippen molar-refractivity contribution in [2.75, 3.05) is 4.90 Å². The molecule has 0 unspecified atom stereocenters. The highest BCUT2D eigenvalue weighted by molar-refractivity contribution is 6.05. The smallest absolute Gasteiger partial charge is 0.138 e. The van der Waals surface area contributed by atoms with Gasteiger partial charge in [0.1, 0.15) is 11.2 Å². The molecule has 0 N–H and O–H groups in total. The van der Waals surface area contributed by atoms with Gasteiger partial charge in [-0.05, 0) is 105 Å². The summed E-state index contributed by atoms with van der Waals surface area (Å²) in [6.07, 6.45) is 3.63. The van der Waals surface area contributed by atoms with Crippen LogP contribution in [0.2, 0.25) is 0 Å². The fraction of sp³-hybridized carbons (Fsp3) is 0. The molecule has 0 saturated carbocycles. The van der Waals surface area contributed by atoms with Gasteiger partial charge >= 0.3 is 0 Å². The minimum Gasteiger partial charge on any atom is -0.456 e. The molecular formula is C47H32N2O. The van der Waals surface area contributed by atoms with E-state index in [0.29, 0.717) is 0 Å². The summed E-state index contributed by atoms with van der Waals surface area (Å²) in [6.45, 7) is 0. The molecule has 2 aromatic heterocycles. The molecular weight excluding hydrogens is 609 g/mol. The number of fused-ring (bicyclic) bond motifs is 3. The van der Waals surface area contributed by atoms with Gasteiger partial charge in [0.2, 0.25) is 0 Å². The Hall–Kier alpha value is -6.71. The summed E-state index contributed by atoms with van der Waals surface area (Å²) in [5.41, 5.74) is 14.4. The number of pyridine rings is 1. The number of aromatic nitrogens is 1. The van der Waals surface area contributed by atoms with E-state index in [9.17, 15) is 0 Å². The number of hydrogen-bond acceptors (Lipinski definition) is 3. The average Bonchev–Trinajstić information content (AvgIpc) is 3.58. The van der Waals surface area contributed by atoms with Crippen LogP contribution in [0.3, 0.4) is 0 Å². The van der Waals surface area contributed by atoms with Crippen LogP contribution >= 0.6 is 0 Å². The van der Waals surface area contributed by atoms with E-state index < -0.39 is 0 Å². The molecule has 7 aromatic carbocycles. The van der Waals surface area contributed by atoms with Gasteiger partial charge in [-0.1, -0.05) is 121 Å². The lowest BCUT2D eigenvalue weighted by Gasteiger charge is -2.26. The van der Waals surface area contributed by atoms with E-state index in [1.165, 1.54) is 22.3 Å². The van der Waals surface area contributed by atoms with Crippen molar-refractivity contribution in [3.05, 3.63) is 194 Å². The van der Waals surface area contributed by atoms with Gasteiger partial charge in [0.15, 0.2) is 0 Å². The Labute approximate surface area is 291 Å². The summed E-state index contributed by atoms with van der Waals surface area (Å²) in [4.78, 5) is 6.60. The van der Waals surface area contributed by atoms with E-state index >= 15 is 0 Å². The normalized spacial score (nSPS) is 11.2. The Kier molecular flexibility index (Phi) is 7.49. The lowest BCUT2D eigenvalue weighted by Crippen LogP contribution is -2.09. The molecule has 50 heavy (non-hydrogen) atoms. The number of rotatable bonds is 7. The first kappa shape index (κ1) is 29.4. The monoisotopic (exact) mass is 640 g/mol. The van der Waals surface area contributed by atoms with Crippen LogP contribution in [0, 0.1) is 0 Å². The highest BCUT2D eigenvalue weighted by Gasteiger charge is 2.14. The van der Waals surface area contributed by atoms with Crippen molar-refractivity contribution < 1.29 is 4.42 Å². The van der Waals surface area contributed by atoms with Crippen molar-refractivity contribution in [1.82, 2.24) is 4.98 Å². The Morgan fingerprint density at radius 1 is 0.340 bits per heavy atom. The molecule has 0 amide bonds. The summed E-state index contributed by atoms with van der Waals surface area (Å²) in [7, 11) is 0. The first-order chi connectivity index (χ1) is 24.8. The zero-order valence-corrected chi connectivity index (χ0v) is 27.3. The van der Waals surface area contributed by atoms with Crippen LogP contribution in [0.15, 0.2) is 199 Å². The Morgan fingerprint density at radius 3 is 1.34 bits per heavy atom. The van der Waals surface area contributed by atoms with Gasteiger partial charge < -0.3 is 9.32 Å². The third-order valence-corrected chi connectivity index (χ3v) is 9.39. The predicted octanol–water partition coefficient (Wildman–Crippen LogP) is 13.1. The second-order valence-corrected chi connectivity index (χ2v) is 12.5. The number of anilines is 3. The van der Waals surface area contributed by atoms with Gasteiger partial charge in [-0.25, -0.2) is 0 Å². The fourth-order valence-corrected chi connectivity index (χ4v) is 6.80. The van der Waals surface area contributed by atoms with E-state index in [4.69, 9.17) is 4.42 Å². The number of nitrogens with zero attached hydrogens (tertiary/aromatic N) is 2. The molecule has 3 heteroatoms. The molecule has 0 fully saturated rings. The van der Waals surface area contributed by atoms with Gasteiger partial charge in [0.25, 0.3) is 0 Å². The van der Waals surface area contributed by atoms with Gasteiger partial charge in [-0.15, -0.1) is 0 Å². The molecule has 0 aliphatic carbocycles. The topological polar surface area (TPSA) is 29.3 Å². The van der Waals surface area contributed by atoms with Crippen LogP contribution < -0.4 is 4.90 Å². The molecule has 0 spiro atoms. The number of furan rings is 1. The zero-order valence-electron chi connectivity index (χ0n) is 27.3. The lowest BCUT2D eigenvalue weighted by molar-refractivity contribution is 0.668. The fourth-order valence-electron chi connectivity index (χ4n) is 6.80. The van der Waals surface area contributed by atoms with E-state index in [2.05, 4.69) is 186 Å². The molecule has 0 saturated heterocycles. The van der Waals surface area contributed by atoms with Gasteiger partial charge in [-0.2, -0.15) is 0 Å². The molecule has 236 valence electrons. The molecule has 0 aliphatic heterocycles. The summed E-state index contributed by atoms with van der Waals surface area (Å²) < 4.78 is 6.15. The molecule has 0 radical (unpaired) electrons. The molecule has 0 atom stereocenters. The van der Waals surface area contributed by atoms with E-state index in [-0.39, 0.29) is 0 Å². The second kappa shape index (κ2) is 12.7. The third-order valence-electron chi connectivity index (χ3n) is 9.39. The van der Waals surface area contributed by atoms with E-state index in [1.807, 2.05) is 12.3 Å².